The van der Waals surface area contributed by atoms with Gasteiger partial charge in [-0.05, 0) is 30.0 Å². The fourth-order valence-electron chi connectivity index (χ4n) is 3.60. The van der Waals surface area contributed by atoms with Gasteiger partial charge in [-0.2, -0.15) is 0 Å². The summed E-state index contributed by atoms with van der Waals surface area (Å²) in [6.07, 6.45) is 4.08. The van der Waals surface area contributed by atoms with Crippen LogP contribution in [0.4, 0.5) is 5.13 Å². The maximum atomic E-state index is 13.0. The van der Waals surface area contributed by atoms with Gasteiger partial charge in [0.05, 0.1) is 23.1 Å². The monoisotopic (exact) mass is 424 g/mol. The molecule has 0 spiro atoms. The highest BCUT2D eigenvalue weighted by Gasteiger charge is 2.28. The number of nitrogens with one attached hydrogen (secondary N) is 1. The number of aromatic nitrogens is 1. The van der Waals surface area contributed by atoms with Gasteiger partial charge in [-0.15, -0.1) is 11.3 Å². The molecule has 0 aliphatic heterocycles. The Morgan fingerprint density at radius 3 is 2.79 bits per heavy atom. The topological polar surface area (TPSA) is 120 Å². The summed E-state index contributed by atoms with van der Waals surface area (Å²) < 4.78 is 20.8. The van der Waals surface area contributed by atoms with Crippen molar-refractivity contribution in [2.45, 2.75) is 49.0 Å². The number of rotatable bonds is 8. The van der Waals surface area contributed by atoms with Gasteiger partial charge in [-0.3, -0.25) is 4.79 Å². The number of aliphatic hydroxyl groups excluding tert-OH is 2. The van der Waals surface area contributed by atoms with Crippen LogP contribution in [0.5, 0.6) is 0 Å². The Kier molecular flexibility index (Phi) is 7.30. The summed E-state index contributed by atoms with van der Waals surface area (Å²) in [6, 6.07) is 6.66. The molecule has 3 unspecified atom stereocenters. The highest BCUT2D eigenvalue weighted by molar-refractivity contribution is 7.79. The molecule has 152 valence electrons. The summed E-state index contributed by atoms with van der Waals surface area (Å²) in [5.41, 5.74) is 1.02. The molecule has 1 fully saturated rings. The fraction of sp³-hybridized carbons (Fsp3) is 0.474. The molecule has 1 aliphatic carbocycles. The standard InChI is InChI=1S/C19H24N2O5S2/c22-10-17(23)16-11-27-19(20-16)21-18(24)15(8-12-4-1-2-5-12)13-6-3-7-14(9-13)28(25)26/h3,6-7,9,11-12,15,17,22-23H,1-2,4-5,8,10H2,(H,25,26)(H,20,21,24). The van der Waals surface area contributed by atoms with E-state index in [9.17, 15) is 18.7 Å². The number of amides is 1. The first-order valence-electron chi connectivity index (χ1n) is 9.24. The largest absolute Gasteiger partial charge is 0.393 e. The summed E-state index contributed by atoms with van der Waals surface area (Å²) in [4.78, 5) is 17.5. The SMILES string of the molecule is O=C(Nc1nc(C(O)CO)cs1)C(CC1CCCC1)c1cccc(S(=O)O)c1. The van der Waals surface area contributed by atoms with E-state index >= 15 is 0 Å². The van der Waals surface area contributed by atoms with Crippen LogP contribution in [0.3, 0.4) is 0 Å². The van der Waals surface area contributed by atoms with Gasteiger partial charge in [0.25, 0.3) is 0 Å². The molecule has 0 bridgehead atoms. The zero-order valence-electron chi connectivity index (χ0n) is 15.3. The Balaban J connectivity index is 1.81. The predicted molar refractivity (Wildman–Crippen MR) is 108 cm³/mol. The number of thiazole rings is 1. The Labute approximate surface area is 170 Å². The van der Waals surface area contributed by atoms with Gasteiger partial charge in [0, 0.05) is 5.38 Å². The molecule has 1 aromatic heterocycles. The quantitative estimate of drug-likeness (QED) is 0.484. The van der Waals surface area contributed by atoms with Crippen molar-refractivity contribution in [3.05, 3.63) is 40.9 Å². The number of nitrogens with zero attached hydrogens (tertiary/aromatic N) is 1. The van der Waals surface area contributed by atoms with E-state index in [-0.39, 0.29) is 10.8 Å². The third-order valence-electron chi connectivity index (χ3n) is 5.09. The maximum absolute atomic E-state index is 13.0. The third kappa shape index (κ3) is 5.24. The molecule has 1 heterocycles. The lowest BCUT2D eigenvalue weighted by molar-refractivity contribution is -0.118. The number of anilines is 1. The normalized spacial score (nSPS) is 18.0. The lowest BCUT2D eigenvalue weighted by atomic mass is 9.87. The molecule has 7 nitrogen and oxygen atoms in total. The van der Waals surface area contributed by atoms with Crippen LogP contribution >= 0.6 is 11.3 Å². The molecule has 1 amide bonds. The second kappa shape index (κ2) is 9.71. The number of hydrogen-bond donors (Lipinski definition) is 4. The molecule has 2 aromatic rings. The zero-order chi connectivity index (χ0) is 20.1. The first-order chi connectivity index (χ1) is 13.5. The zero-order valence-corrected chi connectivity index (χ0v) is 16.9. The van der Waals surface area contributed by atoms with Crippen LogP contribution in [0.25, 0.3) is 0 Å². The molecule has 28 heavy (non-hydrogen) atoms. The van der Waals surface area contributed by atoms with Crippen LogP contribution in [-0.4, -0.2) is 36.5 Å². The van der Waals surface area contributed by atoms with Crippen LogP contribution < -0.4 is 5.32 Å². The average molecular weight is 425 g/mol. The number of aliphatic hydroxyl groups is 2. The molecular weight excluding hydrogens is 400 g/mol. The molecule has 3 rings (SSSR count). The second-order valence-electron chi connectivity index (χ2n) is 7.03. The third-order valence-corrected chi connectivity index (χ3v) is 6.52. The van der Waals surface area contributed by atoms with E-state index in [0.717, 1.165) is 25.7 Å². The van der Waals surface area contributed by atoms with Crippen molar-refractivity contribution >= 4 is 33.5 Å². The predicted octanol–water partition coefficient (Wildman–Crippen LogP) is 3.05. The molecule has 1 saturated carbocycles. The summed E-state index contributed by atoms with van der Waals surface area (Å²) in [7, 11) is 0. The van der Waals surface area contributed by atoms with Gasteiger partial charge >= 0.3 is 0 Å². The van der Waals surface area contributed by atoms with Crippen molar-refractivity contribution in [1.29, 1.82) is 0 Å². The minimum absolute atomic E-state index is 0.229. The van der Waals surface area contributed by atoms with Crippen molar-refractivity contribution in [2.75, 3.05) is 11.9 Å². The van der Waals surface area contributed by atoms with E-state index in [4.69, 9.17) is 5.11 Å². The van der Waals surface area contributed by atoms with Crippen LogP contribution in [-0.2, 0) is 15.9 Å². The van der Waals surface area contributed by atoms with Gasteiger partial charge in [0.2, 0.25) is 5.91 Å². The van der Waals surface area contributed by atoms with Gasteiger partial charge in [-0.25, -0.2) is 9.19 Å². The van der Waals surface area contributed by atoms with Gasteiger partial charge in [-0.1, -0.05) is 37.8 Å². The highest BCUT2D eigenvalue weighted by atomic mass is 32.2. The number of benzene rings is 1. The van der Waals surface area contributed by atoms with Gasteiger partial charge in [0.1, 0.15) is 6.10 Å². The number of hydrogen-bond acceptors (Lipinski definition) is 6. The van der Waals surface area contributed by atoms with Crippen LogP contribution in [0.15, 0.2) is 34.5 Å². The van der Waals surface area contributed by atoms with Gasteiger partial charge < -0.3 is 20.1 Å². The Morgan fingerprint density at radius 2 is 2.11 bits per heavy atom. The molecule has 0 saturated heterocycles. The maximum Gasteiger partial charge on any atom is 0.233 e. The molecule has 1 aliphatic rings. The van der Waals surface area contributed by atoms with Crippen LogP contribution in [0, 0.1) is 5.92 Å². The van der Waals surface area contributed by atoms with Gasteiger partial charge in [0.15, 0.2) is 16.2 Å². The minimum Gasteiger partial charge on any atom is -0.393 e. The Hall–Kier alpha value is -1.65. The Morgan fingerprint density at radius 1 is 1.36 bits per heavy atom. The van der Waals surface area contributed by atoms with Crippen molar-refractivity contribution < 1.29 is 23.8 Å². The fourth-order valence-corrected chi connectivity index (χ4v) is 4.79. The molecule has 3 atom stereocenters. The number of carbonyl (C=O) groups is 1. The van der Waals surface area contributed by atoms with E-state index in [1.807, 2.05) is 0 Å². The smallest absolute Gasteiger partial charge is 0.233 e. The molecule has 9 heteroatoms. The van der Waals surface area contributed by atoms with Crippen LogP contribution in [0.1, 0.15) is 55.4 Å². The van der Waals surface area contributed by atoms with Crippen molar-refractivity contribution in [2.24, 2.45) is 5.92 Å². The minimum atomic E-state index is -2.11. The summed E-state index contributed by atoms with van der Waals surface area (Å²) in [5.74, 6) is -0.240. The van der Waals surface area contributed by atoms with E-state index in [1.165, 1.54) is 11.3 Å². The van der Waals surface area contributed by atoms with E-state index in [1.54, 1.807) is 29.6 Å². The van der Waals surface area contributed by atoms with E-state index in [0.29, 0.717) is 28.7 Å². The van der Waals surface area contributed by atoms with Crippen LogP contribution in [0.2, 0.25) is 0 Å². The first kappa shape index (κ1) is 21.1. The summed E-state index contributed by atoms with van der Waals surface area (Å²) in [5, 5.41) is 23.4. The van der Waals surface area contributed by atoms with Crippen molar-refractivity contribution in [3.63, 3.8) is 0 Å². The average Bonchev–Trinajstić information content (AvgIpc) is 3.37. The molecule has 4 N–H and O–H groups in total. The highest BCUT2D eigenvalue weighted by Crippen LogP contribution is 2.35. The first-order valence-corrected chi connectivity index (χ1v) is 11.2. The van der Waals surface area contributed by atoms with Crippen molar-refractivity contribution in [3.8, 4) is 0 Å². The summed E-state index contributed by atoms with van der Waals surface area (Å²) in [6.45, 7) is -0.438. The van der Waals surface area contributed by atoms with E-state index < -0.39 is 29.7 Å². The second-order valence-corrected chi connectivity index (χ2v) is 8.85. The number of carbonyl (C=O) groups excluding carboxylic acids is 1. The Bertz CT molecular complexity index is 835. The molecule has 0 radical (unpaired) electrons. The summed E-state index contributed by atoms with van der Waals surface area (Å²) >= 11 is -0.925. The molecular formula is C19H24N2O5S2. The lowest BCUT2D eigenvalue weighted by Gasteiger charge is -2.20. The van der Waals surface area contributed by atoms with Crippen molar-refractivity contribution in [1.82, 2.24) is 4.98 Å². The molecule has 1 aromatic carbocycles. The lowest BCUT2D eigenvalue weighted by Crippen LogP contribution is -2.23. The van der Waals surface area contributed by atoms with E-state index in [2.05, 4.69) is 10.3 Å².